The summed E-state index contributed by atoms with van der Waals surface area (Å²) < 4.78 is 10.6. The summed E-state index contributed by atoms with van der Waals surface area (Å²) in [7, 11) is 3.35. The first kappa shape index (κ1) is 14.3. The van der Waals surface area contributed by atoms with Crippen LogP contribution in [0.1, 0.15) is 18.4 Å². The molecule has 2 N–H and O–H groups in total. The molecule has 106 valence electrons. The summed E-state index contributed by atoms with van der Waals surface area (Å²) in [5.74, 6) is 0. The molecule has 0 spiro atoms. The number of para-hydroxylation sites is 1. The van der Waals surface area contributed by atoms with Gasteiger partial charge in [0.05, 0.1) is 0 Å². The molecular formula is C15H24N2O2. The second kappa shape index (κ2) is 6.89. The molecule has 0 saturated heterocycles. The van der Waals surface area contributed by atoms with E-state index in [1.54, 1.807) is 14.2 Å². The van der Waals surface area contributed by atoms with Crippen LogP contribution in [0.4, 0.5) is 5.69 Å². The lowest BCUT2D eigenvalue weighted by Crippen LogP contribution is -2.45. The standard InChI is InChI=1S/C15H24N2O2/c1-18-15(19-2)10-13(11-16)17-9-5-7-12-6-3-4-8-14(12)17/h3-4,6,8,13,15H,5,7,9-11,16H2,1-2H3. The number of methoxy groups -OCH3 is 2. The highest BCUT2D eigenvalue weighted by Gasteiger charge is 2.25. The van der Waals surface area contributed by atoms with Crippen molar-refractivity contribution in [3.05, 3.63) is 29.8 Å². The van der Waals surface area contributed by atoms with E-state index in [0.717, 1.165) is 19.4 Å². The third kappa shape index (κ3) is 3.26. The quantitative estimate of drug-likeness (QED) is 0.796. The minimum atomic E-state index is -0.192. The Bertz CT molecular complexity index is 393. The van der Waals surface area contributed by atoms with Crippen LogP contribution in [0.5, 0.6) is 0 Å². The molecule has 2 rings (SSSR count). The predicted molar refractivity (Wildman–Crippen MR) is 77.4 cm³/mol. The van der Waals surface area contributed by atoms with Gasteiger partial charge in [0.15, 0.2) is 6.29 Å². The monoisotopic (exact) mass is 264 g/mol. The average Bonchev–Trinajstić information content (AvgIpc) is 2.48. The van der Waals surface area contributed by atoms with Crippen LogP contribution in [-0.2, 0) is 15.9 Å². The molecule has 1 heterocycles. The van der Waals surface area contributed by atoms with Crippen molar-refractivity contribution in [3.8, 4) is 0 Å². The van der Waals surface area contributed by atoms with Crippen molar-refractivity contribution in [3.63, 3.8) is 0 Å². The fourth-order valence-electron chi connectivity index (χ4n) is 2.80. The average molecular weight is 264 g/mol. The molecule has 4 heteroatoms. The van der Waals surface area contributed by atoms with E-state index in [1.807, 2.05) is 0 Å². The highest BCUT2D eigenvalue weighted by molar-refractivity contribution is 5.56. The summed E-state index contributed by atoms with van der Waals surface area (Å²) >= 11 is 0. The van der Waals surface area contributed by atoms with Crippen molar-refractivity contribution in [2.75, 3.05) is 32.2 Å². The smallest absolute Gasteiger partial charge is 0.158 e. The van der Waals surface area contributed by atoms with Crippen molar-refractivity contribution in [2.24, 2.45) is 5.73 Å². The minimum Gasteiger partial charge on any atom is -0.367 e. The Balaban J connectivity index is 2.15. The van der Waals surface area contributed by atoms with Gasteiger partial charge in [0, 0.05) is 45.5 Å². The number of nitrogens with zero attached hydrogens (tertiary/aromatic N) is 1. The molecular weight excluding hydrogens is 240 g/mol. The van der Waals surface area contributed by atoms with Gasteiger partial charge in [0.2, 0.25) is 0 Å². The van der Waals surface area contributed by atoms with Gasteiger partial charge in [0.1, 0.15) is 0 Å². The molecule has 0 fully saturated rings. The zero-order chi connectivity index (χ0) is 13.7. The van der Waals surface area contributed by atoms with E-state index in [1.165, 1.54) is 17.7 Å². The van der Waals surface area contributed by atoms with Gasteiger partial charge in [-0.2, -0.15) is 0 Å². The number of anilines is 1. The van der Waals surface area contributed by atoms with Gasteiger partial charge in [-0.15, -0.1) is 0 Å². The fraction of sp³-hybridized carbons (Fsp3) is 0.600. The van der Waals surface area contributed by atoms with E-state index in [4.69, 9.17) is 15.2 Å². The Morgan fingerprint density at radius 1 is 1.26 bits per heavy atom. The molecule has 4 nitrogen and oxygen atoms in total. The molecule has 1 unspecified atom stereocenters. The Morgan fingerprint density at radius 2 is 2.00 bits per heavy atom. The lowest BCUT2D eigenvalue weighted by atomic mass is 9.99. The molecule has 0 bridgehead atoms. The van der Waals surface area contributed by atoms with Gasteiger partial charge < -0.3 is 20.1 Å². The first-order valence-electron chi connectivity index (χ1n) is 6.90. The van der Waals surface area contributed by atoms with Crippen molar-refractivity contribution < 1.29 is 9.47 Å². The second-order valence-electron chi connectivity index (χ2n) is 4.95. The zero-order valence-electron chi connectivity index (χ0n) is 11.8. The van der Waals surface area contributed by atoms with Gasteiger partial charge in [-0.3, -0.25) is 0 Å². The zero-order valence-corrected chi connectivity index (χ0v) is 11.8. The molecule has 19 heavy (non-hydrogen) atoms. The van der Waals surface area contributed by atoms with Crippen LogP contribution in [0.2, 0.25) is 0 Å². The van der Waals surface area contributed by atoms with Gasteiger partial charge in [-0.05, 0) is 24.5 Å². The Hall–Kier alpha value is -1.10. The maximum atomic E-state index is 5.97. The maximum absolute atomic E-state index is 5.97. The molecule has 1 aliphatic rings. The van der Waals surface area contributed by atoms with Crippen LogP contribution in [0.15, 0.2) is 24.3 Å². The molecule has 0 aromatic heterocycles. The van der Waals surface area contributed by atoms with Crippen LogP contribution >= 0.6 is 0 Å². The van der Waals surface area contributed by atoms with Crippen LogP contribution < -0.4 is 10.6 Å². The van der Waals surface area contributed by atoms with E-state index in [2.05, 4.69) is 29.2 Å². The molecule has 1 aliphatic heterocycles. The summed E-state index contributed by atoms with van der Waals surface area (Å²) in [5.41, 5.74) is 8.70. The minimum absolute atomic E-state index is 0.192. The van der Waals surface area contributed by atoms with Gasteiger partial charge in [0.25, 0.3) is 0 Å². The molecule has 0 radical (unpaired) electrons. The highest BCUT2D eigenvalue weighted by atomic mass is 16.7. The van der Waals surface area contributed by atoms with E-state index in [9.17, 15) is 0 Å². The maximum Gasteiger partial charge on any atom is 0.158 e. The number of fused-ring (bicyclic) bond motifs is 1. The molecule has 1 aromatic carbocycles. The Labute approximate surface area is 115 Å². The number of hydrogen-bond acceptors (Lipinski definition) is 4. The van der Waals surface area contributed by atoms with Crippen molar-refractivity contribution >= 4 is 5.69 Å². The Kier molecular flexibility index (Phi) is 5.19. The van der Waals surface area contributed by atoms with Gasteiger partial charge >= 0.3 is 0 Å². The Morgan fingerprint density at radius 3 is 2.68 bits per heavy atom. The summed E-state index contributed by atoms with van der Waals surface area (Å²) in [6.07, 6.45) is 2.93. The fourth-order valence-corrected chi connectivity index (χ4v) is 2.80. The summed E-state index contributed by atoms with van der Waals surface area (Å²) in [6.45, 7) is 1.66. The number of hydrogen-bond donors (Lipinski definition) is 1. The number of aryl methyl sites for hydroxylation is 1. The molecule has 1 aromatic rings. The lowest BCUT2D eigenvalue weighted by molar-refractivity contribution is -0.109. The van der Waals surface area contributed by atoms with Crippen LogP contribution in [-0.4, -0.2) is 39.6 Å². The van der Waals surface area contributed by atoms with Crippen molar-refractivity contribution in [1.82, 2.24) is 0 Å². The SMILES string of the molecule is COC(CC(CN)N1CCCc2ccccc21)OC. The van der Waals surface area contributed by atoms with E-state index in [0.29, 0.717) is 6.54 Å². The highest BCUT2D eigenvalue weighted by Crippen LogP contribution is 2.29. The molecule has 0 amide bonds. The first-order valence-corrected chi connectivity index (χ1v) is 6.90. The van der Waals surface area contributed by atoms with Crippen molar-refractivity contribution in [2.45, 2.75) is 31.6 Å². The van der Waals surface area contributed by atoms with E-state index in [-0.39, 0.29) is 12.3 Å². The van der Waals surface area contributed by atoms with Gasteiger partial charge in [-0.1, -0.05) is 18.2 Å². The van der Waals surface area contributed by atoms with Crippen LogP contribution in [0.3, 0.4) is 0 Å². The predicted octanol–water partition coefficient (Wildman–Crippen LogP) is 1.78. The van der Waals surface area contributed by atoms with Crippen LogP contribution in [0.25, 0.3) is 0 Å². The molecule has 1 atom stereocenters. The number of benzene rings is 1. The number of ether oxygens (including phenoxy) is 2. The normalized spacial score (nSPS) is 16.5. The summed E-state index contributed by atoms with van der Waals surface area (Å²) in [4.78, 5) is 2.41. The third-order valence-electron chi connectivity index (χ3n) is 3.85. The summed E-state index contributed by atoms with van der Waals surface area (Å²) in [5, 5.41) is 0. The largest absolute Gasteiger partial charge is 0.367 e. The van der Waals surface area contributed by atoms with Crippen molar-refractivity contribution in [1.29, 1.82) is 0 Å². The van der Waals surface area contributed by atoms with Crippen LogP contribution in [0, 0.1) is 0 Å². The summed E-state index contributed by atoms with van der Waals surface area (Å²) in [6, 6.07) is 8.85. The van der Waals surface area contributed by atoms with Gasteiger partial charge in [-0.25, -0.2) is 0 Å². The third-order valence-corrected chi connectivity index (χ3v) is 3.85. The first-order chi connectivity index (χ1) is 9.30. The second-order valence-corrected chi connectivity index (χ2v) is 4.95. The lowest BCUT2D eigenvalue weighted by Gasteiger charge is -2.38. The van der Waals surface area contributed by atoms with E-state index >= 15 is 0 Å². The number of rotatable bonds is 6. The molecule has 0 aliphatic carbocycles. The number of nitrogens with two attached hydrogens (primary N) is 1. The van der Waals surface area contributed by atoms with E-state index < -0.39 is 0 Å². The topological polar surface area (TPSA) is 47.7 Å². The molecule has 0 saturated carbocycles.